The summed E-state index contributed by atoms with van der Waals surface area (Å²) in [7, 11) is 1.58. The minimum absolute atomic E-state index is 0.00861. The predicted octanol–water partition coefficient (Wildman–Crippen LogP) is 4.72. The molecule has 2 fully saturated rings. The molecule has 0 aliphatic carbocycles. The van der Waals surface area contributed by atoms with Crippen LogP contribution in [0.3, 0.4) is 0 Å². The standard InChI is InChI=1S/C31H34N2O7/c1-37-25-5-2-4-22-19-27(40-29(22)25)30(36)32-13-10-31(11-14-32)12-15-33(20-31)28(35)9-7-23(34)21-6-8-24-26(18-21)39-17-3-16-38-24/h2,4-6,8,18-19H,3,7,9-17,20H2,1H3. The number of Topliss-reactive ketones (excluding diaryl/α,β-unsaturated/α-hetero) is 1. The van der Waals surface area contributed by atoms with Crippen molar-refractivity contribution in [3.63, 3.8) is 0 Å². The Morgan fingerprint density at radius 3 is 2.42 bits per heavy atom. The Morgan fingerprint density at radius 1 is 0.900 bits per heavy atom. The van der Waals surface area contributed by atoms with Gasteiger partial charge in [-0.15, -0.1) is 0 Å². The van der Waals surface area contributed by atoms with Gasteiger partial charge in [-0.25, -0.2) is 0 Å². The van der Waals surface area contributed by atoms with E-state index in [1.165, 1.54) is 0 Å². The fourth-order valence-electron chi connectivity index (χ4n) is 6.06. The quantitative estimate of drug-likeness (QED) is 0.413. The summed E-state index contributed by atoms with van der Waals surface area (Å²) in [4.78, 5) is 42.8. The van der Waals surface area contributed by atoms with Gasteiger partial charge in [0.05, 0.1) is 20.3 Å². The number of ketones is 1. The third kappa shape index (κ3) is 5.12. The van der Waals surface area contributed by atoms with Gasteiger partial charge in [-0.2, -0.15) is 0 Å². The molecule has 9 nitrogen and oxygen atoms in total. The normalized spacial score (nSPS) is 18.1. The van der Waals surface area contributed by atoms with Crippen molar-refractivity contribution in [2.24, 2.45) is 5.41 Å². The molecule has 2 saturated heterocycles. The fraction of sp³-hybridized carbons (Fsp3) is 0.452. The monoisotopic (exact) mass is 546 g/mol. The zero-order valence-electron chi connectivity index (χ0n) is 22.8. The third-order valence-electron chi connectivity index (χ3n) is 8.48. The molecular formula is C31H34N2O7. The molecule has 1 aromatic heterocycles. The van der Waals surface area contributed by atoms with Crippen molar-refractivity contribution < 1.29 is 33.0 Å². The summed E-state index contributed by atoms with van der Waals surface area (Å²) in [5, 5.41) is 0.837. The highest BCUT2D eigenvalue weighted by Gasteiger charge is 2.43. The molecule has 3 aromatic rings. The number of piperidine rings is 1. The number of ether oxygens (including phenoxy) is 3. The van der Waals surface area contributed by atoms with Crippen LogP contribution in [-0.4, -0.2) is 73.9 Å². The van der Waals surface area contributed by atoms with E-state index in [4.69, 9.17) is 18.6 Å². The molecule has 0 radical (unpaired) electrons. The molecule has 40 heavy (non-hydrogen) atoms. The largest absolute Gasteiger partial charge is 0.493 e. The van der Waals surface area contributed by atoms with Crippen LogP contribution in [0.5, 0.6) is 17.2 Å². The zero-order valence-corrected chi connectivity index (χ0v) is 22.8. The van der Waals surface area contributed by atoms with E-state index in [0.717, 1.165) is 31.1 Å². The summed E-state index contributed by atoms with van der Waals surface area (Å²) in [5.41, 5.74) is 1.13. The fourth-order valence-corrected chi connectivity index (χ4v) is 6.06. The summed E-state index contributed by atoms with van der Waals surface area (Å²) in [5.74, 6) is 1.97. The van der Waals surface area contributed by atoms with Crippen LogP contribution in [-0.2, 0) is 4.79 Å². The number of carbonyl (C=O) groups excluding carboxylic acids is 3. The first-order valence-corrected chi connectivity index (χ1v) is 14.0. The molecule has 1 spiro atoms. The Balaban J connectivity index is 1.01. The predicted molar refractivity (Wildman–Crippen MR) is 147 cm³/mol. The van der Waals surface area contributed by atoms with Gasteiger partial charge < -0.3 is 28.4 Å². The maximum atomic E-state index is 13.2. The van der Waals surface area contributed by atoms with Crippen LogP contribution in [0.2, 0.25) is 0 Å². The SMILES string of the molecule is COc1cccc2cc(C(=O)N3CCC4(CCN(C(=O)CCC(=O)c5ccc6c(c5)OCCCO6)C4)CC3)oc12. The van der Waals surface area contributed by atoms with E-state index in [9.17, 15) is 14.4 Å². The van der Waals surface area contributed by atoms with Crippen molar-refractivity contribution in [1.82, 2.24) is 9.80 Å². The highest BCUT2D eigenvalue weighted by molar-refractivity contribution is 5.99. The third-order valence-corrected chi connectivity index (χ3v) is 8.48. The Labute approximate surface area is 232 Å². The molecule has 2 aromatic carbocycles. The lowest BCUT2D eigenvalue weighted by molar-refractivity contribution is -0.130. The van der Waals surface area contributed by atoms with Gasteiger partial charge in [0.1, 0.15) is 0 Å². The number of para-hydroxylation sites is 1. The second kappa shape index (κ2) is 10.9. The average molecular weight is 547 g/mol. The maximum Gasteiger partial charge on any atom is 0.289 e. The number of hydrogen-bond acceptors (Lipinski definition) is 7. The van der Waals surface area contributed by atoms with Gasteiger partial charge in [-0.3, -0.25) is 14.4 Å². The Bertz CT molecular complexity index is 1440. The van der Waals surface area contributed by atoms with Gasteiger partial charge in [0, 0.05) is 56.4 Å². The molecule has 4 heterocycles. The number of methoxy groups -OCH3 is 1. The molecule has 2 amide bonds. The van der Waals surface area contributed by atoms with Crippen molar-refractivity contribution in [1.29, 1.82) is 0 Å². The van der Waals surface area contributed by atoms with Gasteiger partial charge in [0.2, 0.25) is 5.91 Å². The van der Waals surface area contributed by atoms with E-state index in [1.807, 2.05) is 28.0 Å². The Hall–Kier alpha value is -4.01. The van der Waals surface area contributed by atoms with Crippen LogP contribution < -0.4 is 14.2 Å². The molecule has 9 heteroatoms. The number of benzene rings is 2. The highest BCUT2D eigenvalue weighted by Crippen LogP contribution is 2.41. The van der Waals surface area contributed by atoms with Crippen LogP contribution in [0.15, 0.2) is 46.9 Å². The first-order chi connectivity index (χ1) is 19.4. The number of carbonyl (C=O) groups is 3. The minimum atomic E-state index is -0.118. The number of likely N-dealkylation sites (tertiary alicyclic amines) is 2. The number of furan rings is 1. The summed E-state index contributed by atoms with van der Waals surface area (Å²) in [6.45, 7) is 3.76. The second-order valence-corrected chi connectivity index (χ2v) is 11.0. The van der Waals surface area contributed by atoms with Gasteiger partial charge in [-0.1, -0.05) is 12.1 Å². The van der Waals surface area contributed by atoms with Gasteiger partial charge in [0.15, 0.2) is 34.4 Å². The van der Waals surface area contributed by atoms with E-state index in [1.54, 1.807) is 31.4 Å². The lowest BCUT2D eigenvalue weighted by atomic mass is 9.77. The number of amides is 2. The lowest BCUT2D eigenvalue weighted by Crippen LogP contribution is -2.44. The molecule has 3 aliphatic heterocycles. The number of rotatable bonds is 6. The smallest absolute Gasteiger partial charge is 0.289 e. The van der Waals surface area contributed by atoms with Crippen molar-refractivity contribution in [3.05, 3.63) is 53.8 Å². The van der Waals surface area contributed by atoms with Crippen molar-refractivity contribution in [3.8, 4) is 17.2 Å². The van der Waals surface area contributed by atoms with Gasteiger partial charge >= 0.3 is 0 Å². The van der Waals surface area contributed by atoms with Crippen molar-refractivity contribution in [2.75, 3.05) is 46.5 Å². The van der Waals surface area contributed by atoms with E-state index < -0.39 is 0 Å². The number of hydrogen-bond donors (Lipinski definition) is 0. The summed E-state index contributed by atoms with van der Waals surface area (Å²) >= 11 is 0. The molecule has 0 N–H and O–H groups in total. The first kappa shape index (κ1) is 26.2. The number of fused-ring (bicyclic) bond motifs is 2. The van der Waals surface area contributed by atoms with Crippen LogP contribution in [0.4, 0.5) is 0 Å². The molecule has 0 saturated carbocycles. The second-order valence-electron chi connectivity index (χ2n) is 11.0. The Kier molecular flexibility index (Phi) is 7.12. The molecule has 3 aliphatic rings. The highest BCUT2D eigenvalue weighted by atomic mass is 16.5. The van der Waals surface area contributed by atoms with E-state index >= 15 is 0 Å². The van der Waals surface area contributed by atoms with Gasteiger partial charge in [0.25, 0.3) is 5.91 Å². The lowest BCUT2D eigenvalue weighted by Gasteiger charge is -2.39. The van der Waals surface area contributed by atoms with E-state index in [0.29, 0.717) is 73.5 Å². The number of nitrogens with zero attached hydrogens (tertiary/aromatic N) is 2. The molecule has 210 valence electrons. The van der Waals surface area contributed by atoms with Crippen LogP contribution >= 0.6 is 0 Å². The summed E-state index contributed by atoms with van der Waals surface area (Å²) < 4.78 is 22.6. The summed E-state index contributed by atoms with van der Waals surface area (Å²) in [6.07, 6.45) is 3.73. The first-order valence-electron chi connectivity index (χ1n) is 14.0. The molecule has 6 rings (SSSR count). The van der Waals surface area contributed by atoms with Gasteiger partial charge in [-0.05, 0) is 55.0 Å². The van der Waals surface area contributed by atoms with Crippen molar-refractivity contribution >= 4 is 28.6 Å². The van der Waals surface area contributed by atoms with Crippen LogP contribution in [0.25, 0.3) is 11.0 Å². The van der Waals surface area contributed by atoms with Crippen molar-refractivity contribution in [2.45, 2.75) is 38.5 Å². The zero-order chi connectivity index (χ0) is 27.7. The van der Waals surface area contributed by atoms with Crippen LogP contribution in [0.1, 0.15) is 59.4 Å². The average Bonchev–Trinajstić information content (AvgIpc) is 3.53. The molecule has 0 unspecified atom stereocenters. The molecule has 0 atom stereocenters. The summed E-state index contributed by atoms with van der Waals surface area (Å²) in [6, 6.07) is 12.6. The van der Waals surface area contributed by atoms with E-state index in [2.05, 4.69) is 0 Å². The van der Waals surface area contributed by atoms with Crippen LogP contribution in [0, 0.1) is 5.41 Å². The molecular weight excluding hydrogens is 512 g/mol. The van der Waals surface area contributed by atoms with E-state index in [-0.39, 0.29) is 35.9 Å². The Morgan fingerprint density at radius 2 is 1.65 bits per heavy atom. The topological polar surface area (TPSA) is 98.5 Å². The maximum absolute atomic E-state index is 13.2. The minimum Gasteiger partial charge on any atom is -0.493 e. The molecule has 0 bridgehead atoms.